The van der Waals surface area contributed by atoms with Gasteiger partial charge in [-0.3, -0.25) is 14.5 Å². The Labute approximate surface area is 144 Å². The van der Waals surface area contributed by atoms with Gasteiger partial charge in [-0.1, -0.05) is 32.9 Å². The summed E-state index contributed by atoms with van der Waals surface area (Å²) in [5.41, 5.74) is -1.11. The summed E-state index contributed by atoms with van der Waals surface area (Å²) >= 11 is 0. The number of Topliss-reactive ketones (excluding diaryl/α,β-unsaturated/α-hetero) is 1. The monoisotopic (exact) mass is 351 g/mol. The van der Waals surface area contributed by atoms with E-state index >= 15 is 0 Å². The van der Waals surface area contributed by atoms with Crippen LogP contribution in [-0.4, -0.2) is 36.1 Å². The van der Waals surface area contributed by atoms with Crippen LogP contribution in [0.15, 0.2) is 36.6 Å². The molecular formula is C18H25NO4S. The van der Waals surface area contributed by atoms with Crippen molar-refractivity contribution in [2.24, 2.45) is 10.8 Å². The highest BCUT2D eigenvalue weighted by Crippen LogP contribution is 2.53. The van der Waals surface area contributed by atoms with Crippen molar-refractivity contribution in [2.75, 3.05) is 5.75 Å². The van der Waals surface area contributed by atoms with Gasteiger partial charge in [-0.15, -0.1) is 13.2 Å². The Morgan fingerprint density at radius 1 is 1.29 bits per heavy atom. The highest BCUT2D eigenvalue weighted by Gasteiger charge is 2.67. The van der Waals surface area contributed by atoms with Crippen molar-refractivity contribution in [3.63, 3.8) is 0 Å². The van der Waals surface area contributed by atoms with Crippen LogP contribution < -0.4 is 0 Å². The SMILES string of the molecule is C=CCC1(CC=C)C(=O)N2C(C(=O)C(C)(C)C)=C(C)CS(=O)(=O)[C@@H]21. The van der Waals surface area contributed by atoms with E-state index in [1.807, 2.05) is 0 Å². The molecule has 132 valence electrons. The van der Waals surface area contributed by atoms with Crippen LogP contribution in [0.1, 0.15) is 40.5 Å². The second-order valence-electron chi connectivity index (χ2n) is 7.68. The number of sulfone groups is 1. The van der Waals surface area contributed by atoms with E-state index in [0.717, 1.165) is 0 Å². The second-order valence-corrected chi connectivity index (χ2v) is 9.75. The number of nitrogens with zero attached hydrogens (tertiary/aromatic N) is 1. The number of ketones is 1. The summed E-state index contributed by atoms with van der Waals surface area (Å²) in [6.45, 7) is 14.2. The smallest absolute Gasteiger partial charge is 0.238 e. The number of carbonyl (C=O) groups excluding carboxylic acids is 2. The molecule has 24 heavy (non-hydrogen) atoms. The van der Waals surface area contributed by atoms with E-state index in [4.69, 9.17) is 0 Å². The Bertz CT molecular complexity index is 742. The molecule has 1 amide bonds. The zero-order chi connectivity index (χ0) is 18.5. The molecular weight excluding hydrogens is 326 g/mol. The third-order valence-corrected chi connectivity index (χ3v) is 6.85. The Balaban J connectivity index is 2.64. The lowest BCUT2D eigenvalue weighted by Crippen LogP contribution is -2.73. The Kier molecular flexibility index (Phi) is 4.42. The minimum absolute atomic E-state index is 0.200. The van der Waals surface area contributed by atoms with Crippen LogP contribution in [0.3, 0.4) is 0 Å². The first-order chi connectivity index (χ1) is 10.9. The molecule has 2 aliphatic heterocycles. The Morgan fingerprint density at radius 3 is 2.21 bits per heavy atom. The van der Waals surface area contributed by atoms with Gasteiger partial charge in [-0.2, -0.15) is 0 Å². The molecule has 6 heteroatoms. The molecule has 2 aliphatic rings. The van der Waals surface area contributed by atoms with Crippen LogP contribution in [0, 0.1) is 10.8 Å². The highest BCUT2D eigenvalue weighted by atomic mass is 32.2. The number of allylic oxidation sites excluding steroid dienone is 3. The quantitative estimate of drug-likeness (QED) is 0.564. The summed E-state index contributed by atoms with van der Waals surface area (Å²) in [4.78, 5) is 27.0. The fourth-order valence-corrected chi connectivity index (χ4v) is 6.05. The zero-order valence-electron chi connectivity index (χ0n) is 14.8. The number of β-lactam (4-membered cyclic amide) rings is 1. The van der Waals surface area contributed by atoms with Gasteiger partial charge in [0.2, 0.25) is 5.91 Å². The van der Waals surface area contributed by atoms with E-state index in [1.165, 1.54) is 4.90 Å². The summed E-state index contributed by atoms with van der Waals surface area (Å²) in [6.07, 6.45) is 3.61. The first-order valence-corrected chi connectivity index (χ1v) is 9.67. The molecule has 0 aromatic rings. The first kappa shape index (κ1) is 18.6. The summed E-state index contributed by atoms with van der Waals surface area (Å²) in [5.74, 6) is -0.740. The lowest BCUT2D eigenvalue weighted by Gasteiger charge is -2.57. The third-order valence-electron chi connectivity index (χ3n) is 4.67. The van der Waals surface area contributed by atoms with Crippen LogP contribution >= 0.6 is 0 Å². The van der Waals surface area contributed by atoms with Crippen molar-refractivity contribution in [1.29, 1.82) is 0 Å². The average Bonchev–Trinajstić information content (AvgIpc) is 2.43. The molecule has 0 spiro atoms. The van der Waals surface area contributed by atoms with E-state index < -0.39 is 26.0 Å². The Morgan fingerprint density at radius 2 is 1.79 bits per heavy atom. The standard InChI is InChI=1S/C18H25NO4S/c1-7-9-18(10-8-2)15(21)19-13(14(20)17(4,5)6)12(3)11-24(22,23)16(18)19/h7-8,16H,1-2,9-11H2,3-6H3/t16-/m1/s1. The number of fused-ring (bicyclic) bond motifs is 1. The van der Waals surface area contributed by atoms with Gasteiger partial charge in [0.15, 0.2) is 21.0 Å². The van der Waals surface area contributed by atoms with Crippen LogP contribution in [0.5, 0.6) is 0 Å². The third kappa shape index (κ3) is 2.48. The van der Waals surface area contributed by atoms with Gasteiger partial charge >= 0.3 is 0 Å². The topological polar surface area (TPSA) is 71.5 Å². The number of amides is 1. The molecule has 0 radical (unpaired) electrons. The van der Waals surface area contributed by atoms with Crippen molar-refractivity contribution < 1.29 is 18.0 Å². The second kappa shape index (κ2) is 5.69. The summed E-state index contributed by atoms with van der Waals surface area (Å²) in [6, 6.07) is 0. The van der Waals surface area contributed by atoms with Crippen LogP contribution in [-0.2, 0) is 19.4 Å². The zero-order valence-corrected chi connectivity index (χ0v) is 15.6. The lowest BCUT2D eigenvalue weighted by molar-refractivity contribution is -0.162. The van der Waals surface area contributed by atoms with Crippen molar-refractivity contribution in [1.82, 2.24) is 4.90 Å². The maximum absolute atomic E-state index is 13.0. The number of carbonyl (C=O) groups is 2. The number of hydrogen-bond donors (Lipinski definition) is 0. The van der Waals surface area contributed by atoms with E-state index in [-0.39, 0.29) is 36.0 Å². The molecule has 0 N–H and O–H groups in total. The molecule has 2 heterocycles. The molecule has 0 aromatic carbocycles. The molecule has 0 unspecified atom stereocenters. The van der Waals surface area contributed by atoms with Crippen LogP contribution in [0.2, 0.25) is 0 Å². The molecule has 0 aliphatic carbocycles. The van der Waals surface area contributed by atoms with E-state index in [1.54, 1.807) is 39.8 Å². The van der Waals surface area contributed by atoms with E-state index in [0.29, 0.717) is 5.57 Å². The van der Waals surface area contributed by atoms with Crippen LogP contribution in [0.25, 0.3) is 0 Å². The fourth-order valence-electron chi connectivity index (χ4n) is 3.64. The molecule has 5 nitrogen and oxygen atoms in total. The maximum atomic E-state index is 13.0. The van der Waals surface area contributed by atoms with Gasteiger partial charge in [0.1, 0.15) is 0 Å². The molecule has 1 atom stereocenters. The van der Waals surface area contributed by atoms with Crippen molar-refractivity contribution >= 4 is 21.5 Å². The number of rotatable bonds is 5. The van der Waals surface area contributed by atoms with Gasteiger partial charge in [-0.25, -0.2) is 8.42 Å². The summed E-state index contributed by atoms with van der Waals surface area (Å²) in [7, 11) is -3.57. The maximum Gasteiger partial charge on any atom is 0.238 e. The van der Waals surface area contributed by atoms with Crippen molar-refractivity contribution in [3.8, 4) is 0 Å². The van der Waals surface area contributed by atoms with Gasteiger partial charge in [0.25, 0.3) is 0 Å². The predicted octanol–water partition coefficient (Wildman–Crippen LogP) is 2.61. The summed E-state index contributed by atoms with van der Waals surface area (Å²) in [5, 5.41) is -1.02. The van der Waals surface area contributed by atoms with Crippen LogP contribution in [0.4, 0.5) is 0 Å². The van der Waals surface area contributed by atoms with E-state index in [2.05, 4.69) is 13.2 Å². The molecule has 2 rings (SSSR count). The fraction of sp³-hybridized carbons (Fsp3) is 0.556. The Hall–Kier alpha value is -1.69. The number of hydrogen-bond acceptors (Lipinski definition) is 4. The van der Waals surface area contributed by atoms with Crippen molar-refractivity contribution in [3.05, 3.63) is 36.6 Å². The average molecular weight is 351 g/mol. The normalized spacial score (nSPS) is 24.9. The van der Waals surface area contributed by atoms with Gasteiger partial charge < -0.3 is 0 Å². The van der Waals surface area contributed by atoms with Gasteiger partial charge in [-0.05, 0) is 25.3 Å². The molecule has 1 fully saturated rings. The minimum atomic E-state index is -3.57. The lowest BCUT2D eigenvalue weighted by atomic mass is 9.71. The molecule has 0 aromatic heterocycles. The van der Waals surface area contributed by atoms with Gasteiger partial charge in [0, 0.05) is 5.41 Å². The predicted molar refractivity (Wildman–Crippen MR) is 93.6 cm³/mol. The molecule has 1 saturated heterocycles. The van der Waals surface area contributed by atoms with E-state index in [9.17, 15) is 18.0 Å². The minimum Gasteiger partial charge on any atom is -0.292 e. The highest BCUT2D eigenvalue weighted by molar-refractivity contribution is 7.92. The largest absolute Gasteiger partial charge is 0.292 e. The summed E-state index contributed by atoms with van der Waals surface area (Å²) < 4.78 is 25.5. The first-order valence-electron chi connectivity index (χ1n) is 7.95. The molecule has 0 saturated carbocycles. The van der Waals surface area contributed by atoms with Gasteiger partial charge in [0.05, 0.1) is 16.9 Å². The molecule has 0 bridgehead atoms. The van der Waals surface area contributed by atoms with Crippen molar-refractivity contribution in [2.45, 2.75) is 45.9 Å².